The number of carbonyl (C=O) groups is 3. The molecule has 2 saturated heterocycles. The van der Waals surface area contributed by atoms with Gasteiger partial charge in [0, 0.05) is 25.4 Å². The Morgan fingerprint density at radius 3 is 2.38 bits per heavy atom. The van der Waals surface area contributed by atoms with Crippen molar-refractivity contribution < 1.29 is 19.1 Å². The quantitative estimate of drug-likeness (QED) is 0.651. The summed E-state index contributed by atoms with van der Waals surface area (Å²) in [6.45, 7) is 8.77. The first-order valence-electron chi connectivity index (χ1n) is 11.2. The van der Waals surface area contributed by atoms with E-state index < -0.39 is 5.60 Å². The summed E-state index contributed by atoms with van der Waals surface area (Å²) < 4.78 is 5.55. The van der Waals surface area contributed by atoms with Crippen LogP contribution in [0.1, 0.15) is 65.7 Å². The molecule has 2 heterocycles. The lowest BCUT2D eigenvalue weighted by Gasteiger charge is -2.39. The minimum Gasteiger partial charge on any atom is -0.460 e. The van der Waals surface area contributed by atoms with Crippen LogP contribution in [0.15, 0.2) is 0 Å². The van der Waals surface area contributed by atoms with Gasteiger partial charge in [-0.1, -0.05) is 0 Å². The maximum atomic E-state index is 12.6. The predicted molar refractivity (Wildman–Crippen MR) is 110 cm³/mol. The molecule has 3 aliphatic rings. The molecule has 3 rings (SSSR count). The molecule has 1 aliphatic carbocycles. The normalized spacial score (nSPS) is 28.4. The van der Waals surface area contributed by atoms with Crippen LogP contribution in [0.5, 0.6) is 0 Å². The minimum atomic E-state index is -0.487. The van der Waals surface area contributed by atoms with Crippen LogP contribution in [0.2, 0.25) is 0 Å². The van der Waals surface area contributed by atoms with Crippen molar-refractivity contribution in [3.8, 4) is 0 Å². The van der Waals surface area contributed by atoms with E-state index in [-0.39, 0.29) is 41.6 Å². The number of esters is 1. The van der Waals surface area contributed by atoms with Crippen LogP contribution in [-0.4, -0.2) is 65.4 Å². The Bertz CT molecular complexity index is 626. The van der Waals surface area contributed by atoms with Gasteiger partial charge in [-0.15, -0.1) is 0 Å². The van der Waals surface area contributed by atoms with Gasteiger partial charge in [0.05, 0.1) is 6.04 Å². The Hall–Kier alpha value is -1.63. The third-order valence-corrected chi connectivity index (χ3v) is 6.46. The zero-order valence-electron chi connectivity index (χ0n) is 18.2. The van der Waals surface area contributed by atoms with Crippen LogP contribution in [-0.2, 0) is 19.1 Å². The number of primary amides is 1. The lowest BCUT2D eigenvalue weighted by atomic mass is 9.80. The van der Waals surface area contributed by atoms with Crippen LogP contribution in [0, 0.1) is 17.8 Å². The number of piperidine rings is 1. The van der Waals surface area contributed by atoms with E-state index in [4.69, 9.17) is 10.5 Å². The molecule has 3 unspecified atom stereocenters. The molecule has 0 bridgehead atoms. The van der Waals surface area contributed by atoms with Gasteiger partial charge in [-0.05, 0) is 84.2 Å². The number of hydrogen-bond acceptors (Lipinski definition) is 5. The Morgan fingerprint density at radius 1 is 1.03 bits per heavy atom. The second kappa shape index (κ2) is 9.02. The average molecular weight is 408 g/mol. The van der Waals surface area contributed by atoms with E-state index >= 15 is 0 Å². The summed E-state index contributed by atoms with van der Waals surface area (Å²) in [5.74, 6) is 0.543. The SMILES string of the molecule is CC(C)(C)OC(=O)CC1CCN(C(=O)C2CC2)CC1CCN1CCCC1C(N)=O. The first kappa shape index (κ1) is 22.1. The van der Waals surface area contributed by atoms with Gasteiger partial charge >= 0.3 is 5.97 Å². The van der Waals surface area contributed by atoms with Crippen LogP contribution in [0.25, 0.3) is 0 Å². The van der Waals surface area contributed by atoms with Gasteiger partial charge in [-0.25, -0.2) is 0 Å². The molecule has 7 nitrogen and oxygen atoms in total. The molecular formula is C22H37N3O4. The van der Waals surface area contributed by atoms with E-state index in [9.17, 15) is 14.4 Å². The molecule has 0 aromatic rings. The standard InChI is InChI=1S/C22H37N3O4/c1-22(2,3)29-19(26)13-16-8-12-25(21(28)15-6-7-15)14-17(16)9-11-24-10-4-5-18(24)20(23)27/h15-18H,4-14H2,1-3H3,(H2,23,27). The summed E-state index contributed by atoms with van der Waals surface area (Å²) in [6, 6.07) is -0.174. The minimum absolute atomic E-state index is 0.161. The van der Waals surface area contributed by atoms with Gasteiger partial charge in [-0.2, -0.15) is 0 Å². The zero-order valence-corrected chi connectivity index (χ0v) is 18.2. The number of hydrogen-bond donors (Lipinski definition) is 1. The highest BCUT2D eigenvalue weighted by Crippen LogP contribution is 2.36. The maximum Gasteiger partial charge on any atom is 0.306 e. The smallest absolute Gasteiger partial charge is 0.306 e. The molecule has 0 aromatic heterocycles. The molecule has 2 amide bonds. The molecule has 0 radical (unpaired) electrons. The van der Waals surface area contributed by atoms with Crippen molar-refractivity contribution in [1.29, 1.82) is 0 Å². The second-order valence-electron chi connectivity index (χ2n) is 10.0. The second-order valence-corrected chi connectivity index (χ2v) is 10.0. The van der Waals surface area contributed by atoms with Crippen molar-refractivity contribution in [2.24, 2.45) is 23.5 Å². The number of carbonyl (C=O) groups excluding carboxylic acids is 3. The summed E-state index contributed by atoms with van der Waals surface area (Å²) in [5.41, 5.74) is 5.07. The Kier molecular flexibility index (Phi) is 6.87. The molecule has 2 aliphatic heterocycles. The fraction of sp³-hybridized carbons (Fsp3) is 0.864. The monoisotopic (exact) mass is 407 g/mol. The molecule has 7 heteroatoms. The number of likely N-dealkylation sites (tertiary alicyclic amines) is 2. The van der Waals surface area contributed by atoms with Crippen molar-refractivity contribution in [1.82, 2.24) is 9.80 Å². The topological polar surface area (TPSA) is 92.9 Å². The van der Waals surface area contributed by atoms with E-state index in [0.29, 0.717) is 13.0 Å². The Balaban J connectivity index is 1.61. The first-order valence-corrected chi connectivity index (χ1v) is 11.2. The lowest BCUT2D eigenvalue weighted by Crippen LogP contribution is -2.47. The van der Waals surface area contributed by atoms with Gasteiger partial charge in [0.2, 0.25) is 11.8 Å². The van der Waals surface area contributed by atoms with E-state index in [1.54, 1.807) is 0 Å². The summed E-state index contributed by atoms with van der Waals surface area (Å²) in [6.07, 6.45) is 5.93. The first-order chi connectivity index (χ1) is 13.6. The van der Waals surface area contributed by atoms with Crippen LogP contribution < -0.4 is 5.73 Å². The molecule has 29 heavy (non-hydrogen) atoms. The summed E-state index contributed by atoms with van der Waals surface area (Å²) in [5, 5.41) is 0. The number of ether oxygens (including phenoxy) is 1. The summed E-state index contributed by atoms with van der Waals surface area (Å²) >= 11 is 0. The number of nitrogens with zero attached hydrogens (tertiary/aromatic N) is 2. The third-order valence-electron chi connectivity index (χ3n) is 6.46. The highest BCUT2D eigenvalue weighted by molar-refractivity contribution is 5.81. The van der Waals surface area contributed by atoms with Crippen molar-refractivity contribution in [2.45, 2.75) is 77.4 Å². The van der Waals surface area contributed by atoms with Gasteiger partial charge in [-0.3, -0.25) is 19.3 Å². The molecule has 3 atom stereocenters. The van der Waals surface area contributed by atoms with E-state index in [0.717, 1.165) is 58.2 Å². The van der Waals surface area contributed by atoms with Gasteiger partial charge < -0.3 is 15.4 Å². The number of amides is 2. The Morgan fingerprint density at radius 2 is 1.76 bits per heavy atom. The largest absolute Gasteiger partial charge is 0.460 e. The summed E-state index contributed by atoms with van der Waals surface area (Å²) in [7, 11) is 0. The average Bonchev–Trinajstić information content (AvgIpc) is 3.36. The molecule has 164 valence electrons. The zero-order chi connectivity index (χ0) is 21.2. The van der Waals surface area contributed by atoms with Gasteiger partial charge in [0.15, 0.2) is 0 Å². The van der Waals surface area contributed by atoms with Crippen molar-refractivity contribution in [2.75, 3.05) is 26.2 Å². The molecule has 2 N–H and O–H groups in total. The van der Waals surface area contributed by atoms with Crippen LogP contribution >= 0.6 is 0 Å². The lowest BCUT2D eigenvalue weighted by molar-refractivity contribution is -0.157. The highest BCUT2D eigenvalue weighted by atomic mass is 16.6. The van der Waals surface area contributed by atoms with Crippen LogP contribution in [0.3, 0.4) is 0 Å². The van der Waals surface area contributed by atoms with Crippen LogP contribution in [0.4, 0.5) is 0 Å². The van der Waals surface area contributed by atoms with E-state index in [1.807, 2.05) is 25.7 Å². The fourth-order valence-electron chi connectivity index (χ4n) is 4.81. The van der Waals surface area contributed by atoms with Crippen molar-refractivity contribution in [3.63, 3.8) is 0 Å². The van der Waals surface area contributed by atoms with Gasteiger partial charge in [0.25, 0.3) is 0 Å². The Labute approximate surface area is 174 Å². The predicted octanol–water partition coefficient (Wildman–Crippen LogP) is 1.93. The van der Waals surface area contributed by atoms with Crippen molar-refractivity contribution in [3.05, 3.63) is 0 Å². The third kappa shape index (κ3) is 6.17. The van der Waals surface area contributed by atoms with E-state index in [2.05, 4.69) is 4.90 Å². The maximum absolute atomic E-state index is 12.6. The van der Waals surface area contributed by atoms with Crippen molar-refractivity contribution >= 4 is 17.8 Å². The molecule has 1 saturated carbocycles. The molecule has 0 spiro atoms. The molecule has 3 fully saturated rings. The summed E-state index contributed by atoms with van der Waals surface area (Å²) in [4.78, 5) is 40.9. The number of rotatable bonds is 7. The molecular weight excluding hydrogens is 370 g/mol. The highest BCUT2D eigenvalue weighted by Gasteiger charge is 2.39. The number of nitrogens with two attached hydrogens (primary N) is 1. The fourth-order valence-corrected chi connectivity index (χ4v) is 4.81. The van der Waals surface area contributed by atoms with E-state index in [1.165, 1.54) is 0 Å². The molecule has 0 aromatic carbocycles. The van der Waals surface area contributed by atoms with Gasteiger partial charge in [0.1, 0.15) is 5.60 Å².